The van der Waals surface area contributed by atoms with Crippen molar-refractivity contribution < 1.29 is 18.8 Å². The molecule has 0 saturated carbocycles. The van der Waals surface area contributed by atoms with Crippen LogP contribution in [0.25, 0.3) is 0 Å². The van der Waals surface area contributed by atoms with Crippen molar-refractivity contribution in [3.63, 3.8) is 0 Å². The molecule has 1 atom stereocenters. The van der Waals surface area contributed by atoms with Crippen LogP contribution >= 0.6 is 11.8 Å². The SMILES string of the molecule is O[C@H](CSc1ccc(F)cc1)C[NH+]1CCN(c2ccccc2F)CC1. The second-order valence-electron chi connectivity index (χ2n) is 6.31. The Balaban J connectivity index is 1.42. The van der Waals surface area contributed by atoms with Gasteiger partial charge in [0.15, 0.2) is 0 Å². The molecule has 0 radical (unpaired) electrons. The van der Waals surface area contributed by atoms with Crippen molar-refractivity contribution in [1.29, 1.82) is 0 Å². The molecule has 6 heteroatoms. The number of para-hydroxylation sites is 1. The molecule has 0 aliphatic carbocycles. The number of aliphatic hydroxyl groups is 1. The van der Waals surface area contributed by atoms with Gasteiger partial charge >= 0.3 is 0 Å². The third-order valence-electron chi connectivity index (χ3n) is 4.44. The maximum absolute atomic E-state index is 13.9. The Morgan fingerprint density at radius 1 is 1.04 bits per heavy atom. The quantitative estimate of drug-likeness (QED) is 0.765. The highest BCUT2D eigenvalue weighted by Gasteiger charge is 2.23. The highest BCUT2D eigenvalue weighted by molar-refractivity contribution is 7.99. The molecule has 1 saturated heterocycles. The number of thioether (sulfide) groups is 1. The van der Waals surface area contributed by atoms with Gasteiger partial charge in [-0.1, -0.05) is 12.1 Å². The molecule has 0 aromatic heterocycles. The van der Waals surface area contributed by atoms with E-state index in [-0.39, 0.29) is 11.6 Å². The van der Waals surface area contributed by atoms with E-state index in [1.165, 1.54) is 34.9 Å². The second-order valence-corrected chi connectivity index (χ2v) is 7.40. The number of hydrogen-bond acceptors (Lipinski definition) is 3. The van der Waals surface area contributed by atoms with E-state index in [4.69, 9.17) is 0 Å². The summed E-state index contributed by atoms with van der Waals surface area (Å²) in [5.41, 5.74) is 0.661. The van der Waals surface area contributed by atoms with Gasteiger partial charge < -0.3 is 14.9 Å². The standard InChI is InChI=1S/C19H22F2N2OS/c20-15-5-7-17(8-6-15)25-14-16(24)13-22-9-11-23(12-10-22)19-4-2-1-3-18(19)21/h1-8,16,24H,9-14H2/p+1/t16-/m0/s1. The van der Waals surface area contributed by atoms with Crippen molar-refractivity contribution in [3.8, 4) is 0 Å². The molecule has 0 spiro atoms. The normalized spacial score (nSPS) is 16.8. The summed E-state index contributed by atoms with van der Waals surface area (Å²) in [5.74, 6) is 0.162. The van der Waals surface area contributed by atoms with Crippen LogP contribution in [-0.4, -0.2) is 49.7 Å². The maximum Gasteiger partial charge on any atom is 0.146 e. The second kappa shape index (κ2) is 8.65. The molecule has 0 unspecified atom stereocenters. The third kappa shape index (κ3) is 5.17. The van der Waals surface area contributed by atoms with Crippen LogP contribution < -0.4 is 9.80 Å². The molecule has 1 fully saturated rings. The van der Waals surface area contributed by atoms with Crippen LogP contribution in [0.2, 0.25) is 0 Å². The first-order chi connectivity index (χ1) is 12.1. The summed E-state index contributed by atoms with van der Waals surface area (Å²) >= 11 is 1.54. The van der Waals surface area contributed by atoms with E-state index >= 15 is 0 Å². The molecule has 2 aromatic rings. The molecule has 134 valence electrons. The Kier molecular flexibility index (Phi) is 6.29. The van der Waals surface area contributed by atoms with E-state index in [1.807, 2.05) is 12.1 Å². The van der Waals surface area contributed by atoms with Gasteiger partial charge in [-0.3, -0.25) is 0 Å². The Bertz CT molecular complexity index is 675. The fraction of sp³-hybridized carbons (Fsp3) is 0.368. The zero-order valence-corrected chi connectivity index (χ0v) is 14.8. The molecule has 25 heavy (non-hydrogen) atoms. The first-order valence-electron chi connectivity index (χ1n) is 8.51. The summed E-state index contributed by atoms with van der Waals surface area (Å²) < 4.78 is 26.7. The highest BCUT2D eigenvalue weighted by Crippen LogP contribution is 2.19. The average molecular weight is 365 g/mol. The lowest BCUT2D eigenvalue weighted by Gasteiger charge is -2.34. The minimum atomic E-state index is -0.412. The molecule has 1 aliphatic rings. The van der Waals surface area contributed by atoms with Crippen molar-refractivity contribution in [2.24, 2.45) is 0 Å². The Morgan fingerprint density at radius 2 is 1.72 bits per heavy atom. The Hall–Kier alpha value is -1.63. The lowest BCUT2D eigenvalue weighted by molar-refractivity contribution is -0.903. The van der Waals surface area contributed by atoms with E-state index in [0.717, 1.165) is 31.1 Å². The van der Waals surface area contributed by atoms with Crippen molar-refractivity contribution in [3.05, 3.63) is 60.2 Å². The van der Waals surface area contributed by atoms with Gasteiger partial charge in [-0.05, 0) is 36.4 Å². The summed E-state index contributed by atoms with van der Waals surface area (Å²) in [5, 5.41) is 10.3. The molecule has 3 rings (SSSR count). The zero-order valence-electron chi connectivity index (χ0n) is 14.0. The van der Waals surface area contributed by atoms with Crippen molar-refractivity contribution >= 4 is 17.4 Å². The first kappa shape index (κ1) is 18.2. The number of benzene rings is 2. The summed E-state index contributed by atoms with van der Waals surface area (Å²) in [4.78, 5) is 4.36. The van der Waals surface area contributed by atoms with Crippen LogP contribution in [0.3, 0.4) is 0 Å². The van der Waals surface area contributed by atoms with Gasteiger partial charge in [0.2, 0.25) is 0 Å². The average Bonchev–Trinajstić information content (AvgIpc) is 2.62. The fourth-order valence-electron chi connectivity index (χ4n) is 3.09. The molecule has 2 aromatic carbocycles. The molecule has 2 N–H and O–H groups in total. The summed E-state index contributed by atoms with van der Waals surface area (Å²) in [6, 6.07) is 13.2. The molecule has 3 nitrogen and oxygen atoms in total. The number of halogens is 2. The minimum absolute atomic E-state index is 0.179. The van der Waals surface area contributed by atoms with Gasteiger partial charge in [-0.25, -0.2) is 8.78 Å². The van der Waals surface area contributed by atoms with Crippen LogP contribution in [0, 0.1) is 11.6 Å². The van der Waals surface area contributed by atoms with E-state index in [2.05, 4.69) is 4.90 Å². The fourth-order valence-corrected chi connectivity index (χ4v) is 3.92. The molecular formula is C19H23F2N2OS+. The maximum atomic E-state index is 13.9. The van der Waals surface area contributed by atoms with Gasteiger partial charge in [0.05, 0.1) is 31.9 Å². The van der Waals surface area contributed by atoms with Gasteiger partial charge in [-0.15, -0.1) is 11.8 Å². The monoisotopic (exact) mass is 365 g/mol. The minimum Gasteiger partial charge on any atom is -0.386 e. The van der Waals surface area contributed by atoms with Gasteiger partial charge in [0.1, 0.15) is 24.3 Å². The van der Waals surface area contributed by atoms with E-state index in [9.17, 15) is 13.9 Å². The lowest BCUT2D eigenvalue weighted by atomic mass is 10.2. The number of anilines is 1. The van der Waals surface area contributed by atoms with Crippen molar-refractivity contribution in [1.82, 2.24) is 0 Å². The number of aliphatic hydroxyl groups excluding tert-OH is 1. The summed E-state index contributed by atoms with van der Waals surface area (Å²) in [7, 11) is 0. The predicted molar refractivity (Wildman–Crippen MR) is 97.3 cm³/mol. The number of nitrogens with zero attached hydrogens (tertiary/aromatic N) is 1. The number of quaternary nitrogens is 1. The molecule has 0 amide bonds. The molecule has 1 aliphatic heterocycles. The van der Waals surface area contributed by atoms with Gasteiger partial charge in [0, 0.05) is 10.6 Å². The number of hydrogen-bond donors (Lipinski definition) is 2. The number of piperazine rings is 1. The summed E-state index contributed by atoms with van der Waals surface area (Å²) in [6.07, 6.45) is -0.412. The van der Waals surface area contributed by atoms with Gasteiger partial charge in [-0.2, -0.15) is 0 Å². The lowest BCUT2D eigenvalue weighted by Crippen LogP contribution is -3.16. The zero-order chi connectivity index (χ0) is 17.6. The molecule has 0 bridgehead atoms. The molecule has 1 heterocycles. The van der Waals surface area contributed by atoms with Crippen LogP contribution in [-0.2, 0) is 0 Å². The van der Waals surface area contributed by atoms with E-state index in [1.54, 1.807) is 18.2 Å². The van der Waals surface area contributed by atoms with Crippen molar-refractivity contribution in [2.75, 3.05) is 43.4 Å². The smallest absolute Gasteiger partial charge is 0.146 e. The van der Waals surface area contributed by atoms with Crippen molar-refractivity contribution in [2.45, 2.75) is 11.0 Å². The highest BCUT2D eigenvalue weighted by atomic mass is 32.2. The largest absolute Gasteiger partial charge is 0.386 e. The van der Waals surface area contributed by atoms with Crippen LogP contribution in [0.1, 0.15) is 0 Å². The van der Waals surface area contributed by atoms with E-state index in [0.29, 0.717) is 18.0 Å². The first-order valence-corrected chi connectivity index (χ1v) is 9.50. The van der Waals surface area contributed by atoms with Crippen LogP contribution in [0.5, 0.6) is 0 Å². The Labute approximate surface area is 151 Å². The molecular weight excluding hydrogens is 342 g/mol. The number of nitrogens with one attached hydrogen (secondary N) is 1. The Morgan fingerprint density at radius 3 is 2.40 bits per heavy atom. The summed E-state index contributed by atoms with van der Waals surface area (Å²) in [6.45, 7) is 4.01. The number of rotatable bonds is 6. The van der Waals surface area contributed by atoms with Gasteiger partial charge in [0.25, 0.3) is 0 Å². The van der Waals surface area contributed by atoms with Crippen LogP contribution in [0.15, 0.2) is 53.4 Å². The van der Waals surface area contributed by atoms with Crippen LogP contribution in [0.4, 0.5) is 14.5 Å². The van der Waals surface area contributed by atoms with E-state index < -0.39 is 6.10 Å². The topological polar surface area (TPSA) is 27.9 Å². The predicted octanol–water partition coefficient (Wildman–Crippen LogP) is 1.82. The third-order valence-corrected chi connectivity index (χ3v) is 5.60.